The zero-order chi connectivity index (χ0) is 15.4. The predicted molar refractivity (Wildman–Crippen MR) is 72.1 cm³/mol. The van der Waals surface area contributed by atoms with Gasteiger partial charge in [-0.05, 0) is 13.0 Å². The minimum Gasteiger partial charge on any atom is -0.618 e. The molecule has 7 heteroatoms. The van der Waals surface area contributed by atoms with E-state index in [4.69, 9.17) is 9.47 Å². The Morgan fingerprint density at radius 1 is 1.29 bits per heavy atom. The van der Waals surface area contributed by atoms with Gasteiger partial charge in [-0.2, -0.15) is 4.73 Å². The van der Waals surface area contributed by atoms with Crippen molar-refractivity contribution in [2.45, 2.75) is 20.5 Å². The predicted octanol–water partition coefficient (Wildman–Crippen LogP) is 1.11. The lowest BCUT2D eigenvalue weighted by molar-refractivity contribution is -0.581. The third kappa shape index (κ3) is 3.07. The Balaban J connectivity index is 2.59. The average molecular weight is 290 g/mol. The lowest BCUT2D eigenvalue weighted by Gasteiger charge is -2.10. The van der Waals surface area contributed by atoms with Gasteiger partial charge in [-0.1, -0.05) is 12.1 Å². The van der Waals surface area contributed by atoms with E-state index in [1.165, 1.54) is 6.92 Å². The Labute approximate surface area is 120 Å². The molecule has 0 bridgehead atoms. The smallest absolute Gasteiger partial charge is 0.407 e. The molecule has 0 aliphatic heterocycles. The normalized spacial score (nSPS) is 10.4. The summed E-state index contributed by atoms with van der Waals surface area (Å²) >= 11 is 0. The molecule has 110 valence electrons. The molecule has 0 saturated carbocycles. The van der Waals surface area contributed by atoms with Gasteiger partial charge in [-0.3, -0.25) is 4.79 Å². The summed E-state index contributed by atoms with van der Waals surface area (Å²) in [7, 11) is 0. The average Bonchev–Trinajstić information content (AvgIpc) is 2.45. The highest BCUT2D eigenvalue weighted by Gasteiger charge is 2.27. The molecule has 0 N–H and O–H groups in total. The van der Waals surface area contributed by atoms with Crippen molar-refractivity contribution in [3.63, 3.8) is 0 Å². The summed E-state index contributed by atoms with van der Waals surface area (Å²) in [5.41, 5.74) is 0.448. The van der Waals surface area contributed by atoms with Crippen molar-refractivity contribution in [3.8, 4) is 0 Å². The quantitative estimate of drug-likeness (QED) is 0.476. The number of ether oxygens (including phenoxy) is 2. The molecule has 0 atom stereocenters. The summed E-state index contributed by atoms with van der Waals surface area (Å²) in [4.78, 5) is 27.1. The Morgan fingerprint density at radius 3 is 2.67 bits per heavy atom. The van der Waals surface area contributed by atoms with Crippen LogP contribution in [0.15, 0.2) is 24.3 Å². The molecule has 0 spiro atoms. The van der Waals surface area contributed by atoms with Gasteiger partial charge in [0.1, 0.15) is 12.1 Å². The summed E-state index contributed by atoms with van der Waals surface area (Å²) in [6.45, 7) is 2.72. The van der Waals surface area contributed by atoms with E-state index >= 15 is 0 Å². The SMILES string of the molecule is CCOC(=O)c1c(COC(C)=O)nc2ccccc2[n+]1[O-]. The van der Waals surface area contributed by atoms with Crippen molar-refractivity contribution >= 4 is 23.0 Å². The minimum absolute atomic E-state index is 0.0670. The molecule has 0 aliphatic rings. The number of rotatable bonds is 4. The number of carbonyl (C=O) groups is 2. The van der Waals surface area contributed by atoms with Crippen molar-refractivity contribution in [3.05, 3.63) is 40.9 Å². The van der Waals surface area contributed by atoms with Crippen molar-refractivity contribution in [1.29, 1.82) is 0 Å². The van der Waals surface area contributed by atoms with E-state index < -0.39 is 11.9 Å². The number of aromatic nitrogens is 2. The molecule has 0 radical (unpaired) electrons. The van der Waals surface area contributed by atoms with Gasteiger partial charge in [0.15, 0.2) is 5.69 Å². The monoisotopic (exact) mass is 290 g/mol. The summed E-state index contributed by atoms with van der Waals surface area (Å²) in [5.74, 6) is -1.33. The Morgan fingerprint density at radius 2 is 2.00 bits per heavy atom. The van der Waals surface area contributed by atoms with Crippen LogP contribution in [-0.2, 0) is 20.9 Å². The number of para-hydroxylation sites is 2. The number of benzene rings is 1. The van der Waals surface area contributed by atoms with Gasteiger partial charge in [0.05, 0.1) is 6.61 Å². The van der Waals surface area contributed by atoms with Crippen molar-refractivity contribution in [1.82, 2.24) is 4.98 Å². The summed E-state index contributed by atoms with van der Waals surface area (Å²) in [5, 5.41) is 12.3. The van der Waals surface area contributed by atoms with Crippen molar-refractivity contribution in [2.24, 2.45) is 0 Å². The molecule has 7 nitrogen and oxygen atoms in total. The Hall–Kier alpha value is -2.70. The van der Waals surface area contributed by atoms with E-state index in [0.717, 1.165) is 0 Å². The van der Waals surface area contributed by atoms with Crippen LogP contribution in [0.3, 0.4) is 0 Å². The fourth-order valence-corrected chi connectivity index (χ4v) is 1.84. The Kier molecular flexibility index (Phi) is 4.32. The fraction of sp³-hybridized carbons (Fsp3) is 0.286. The van der Waals surface area contributed by atoms with Crippen LogP contribution in [0.4, 0.5) is 0 Å². The van der Waals surface area contributed by atoms with Crippen LogP contribution in [0.2, 0.25) is 0 Å². The van der Waals surface area contributed by atoms with Crippen LogP contribution in [0.1, 0.15) is 30.0 Å². The number of nitrogens with zero attached hydrogens (tertiary/aromatic N) is 2. The fourth-order valence-electron chi connectivity index (χ4n) is 1.84. The second-order valence-electron chi connectivity index (χ2n) is 4.19. The zero-order valence-corrected chi connectivity index (χ0v) is 11.7. The summed E-state index contributed by atoms with van der Waals surface area (Å²) < 4.78 is 10.2. The van der Waals surface area contributed by atoms with Gasteiger partial charge < -0.3 is 14.7 Å². The van der Waals surface area contributed by atoms with Gasteiger partial charge in [0.2, 0.25) is 5.52 Å². The molecular weight excluding hydrogens is 276 g/mol. The number of esters is 2. The van der Waals surface area contributed by atoms with Gasteiger partial charge in [0, 0.05) is 13.0 Å². The van der Waals surface area contributed by atoms with Gasteiger partial charge >= 0.3 is 17.6 Å². The first-order chi connectivity index (χ1) is 10.0. The van der Waals surface area contributed by atoms with Crippen LogP contribution >= 0.6 is 0 Å². The Bertz CT molecular complexity index is 699. The molecule has 0 aliphatic carbocycles. The minimum atomic E-state index is -0.798. The van der Waals surface area contributed by atoms with Crippen molar-refractivity contribution in [2.75, 3.05) is 6.61 Å². The molecular formula is C14H14N2O5. The van der Waals surface area contributed by atoms with E-state index in [1.807, 2.05) is 0 Å². The highest BCUT2D eigenvalue weighted by Crippen LogP contribution is 2.13. The van der Waals surface area contributed by atoms with E-state index in [-0.39, 0.29) is 30.1 Å². The second-order valence-corrected chi connectivity index (χ2v) is 4.19. The largest absolute Gasteiger partial charge is 0.618 e. The lowest BCUT2D eigenvalue weighted by Crippen LogP contribution is -2.39. The van der Waals surface area contributed by atoms with Gasteiger partial charge in [-0.15, -0.1) is 0 Å². The van der Waals surface area contributed by atoms with Crippen LogP contribution in [-0.4, -0.2) is 23.5 Å². The van der Waals surface area contributed by atoms with Gasteiger partial charge in [0.25, 0.3) is 0 Å². The summed E-state index contributed by atoms with van der Waals surface area (Å²) in [6.07, 6.45) is 0. The first-order valence-electron chi connectivity index (χ1n) is 6.36. The van der Waals surface area contributed by atoms with E-state index in [2.05, 4.69) is 4.98 Å². The molecule has 2 aromatic rings. The first kappa shape index (κ1) is 14.7. The maximum atomic E-state index is 12.3. The highest BCUT2D eigenvalue weighted by molar-refractivity contribution is 5.88. The maximum absolute atomic E-state index is 12.3. The second kappa shape index (κ2) is 6.17. The molecule has 1 aromatic carbocycles. The molecule has 1 heterocycles. The topological polar surface area (TPSA) is 92.4 Å². The van der Waals surface area contributed by atoms with Crippen LogP contribution in [0, 0.1) is 5.21 Å². The van der Waals surface area contributed by atoms with Crippen LogP contribution in [0.25, 0.3) is 11.0 Å². The molecule has 0 unspecified atom stereocenters. The van der Waals surface area contributed by atoms with Crippen LogP contribution < -0.4 is 4.73 Å². The summed E-state index contributed by atoms with van der Waals surface area (Å²) in [6, 6.07) is 6.57. The number of fused-ring (bicyclic) bond motifs is 1. The van der Waals surface area contributed by atoms with E-state index in [1.54, 1.807) is 31.2 Å². The number of carbonyl (C=O) groups excluding carboxylic acids is 2. The van der Waals surface area contributed by atoms with E-state index in [9.17, 15) is 14.8 Å². The molecule has 1 aromatic heterocycles. The number of hydrogen-bond donors (Lipinski definition) is 0. The zero-order valence-electron chi connectivity index (χ0n) is 11.7. The molecule has 0 saturated heterocycles. The third-order valence-corrected chi connectivity index (χ3v) is 2.71. The lowest BCUT2D eigenvalue weighted by atomic mass is 10.2. The molecule has 2 rings (SSSR count). The maximum Gasteiger partial charge on any atom is 0.407 e. The standard InChI is InChI=1S/C14H14N2O5/c1-3-20-14(18)13-11(8-21-9(2)17)15-10-6-4-5-7-12(10)16(13)19/h4-7H,3,8H2,1-2H3. The molecule has 0 amide bonds. The van der Waals surface area contributed by atoms with Gasteiger partial charge in [-0.25, -0.2) is 9.78 Å². The first-order valence-corrected chi connectivity index (χ1v) is 6.36. The van der Waals surface area contributed by atoms with Crippen molar-refractivity contribution < 1.29 is 23.8 Å². The molecule has 0 fully saturated rings. The van der Waals surface area contributed by atoms with Crippen LogP contribution in [0.5, 0.6) is 0 Å². The number of hydrogen-bond acceptors (Lipinski definition) is 6. The highest BCUT2D eigenvalue weighted by atomic mass is 16.5. The van der Waals surface area contributed by atoms with E-state index in [0.29, 0.717) is 10.2 Å². The molecule has 21 heavy (non-hydrogen) atoms. The third-order valence-electron chi connectivity index (χ3n) is 2.71.